The summed E-state index contributed by atoms with van der Waals surface area (Å²) < 4.78 is 1.87. The van der Waals surface area contributed by atoms with E-state index in [1.807, 2.05) is 17.9 Å². The van der Waals surface area contributed by atoms with Crippen LogP contribution in [0.3, 0.4) is 0 Å². The monoisotopic (exact) mass is 257 g/mol. The lowest BCUT2D eigenvalue weighted by Crippen LogP contribution is -2.23. The second-order valence-electron chi connectivity index (χ2n) is 3.96. The van der Waals surface area contributed by atoms with Crippen molar-refractivity contribution in [1.82, 2.24) is 14.7 Å². The lowest BCUT2D eigenvalue weighted by atomic mass is 10.2. The molecule has 2 heterocycles. The van der Waals surface area contributed by atoms with Gasteiger partial charge in [-0.2, -0.15) is 5.10 Å². The van der Waals surface area contributed by atoms with Crippen molar-refractivity contribution in [3.05, 3.63) is 18.0 Å². The number of halogens is 1. The van der Waals surface area contributed by atoms with E-state index < -0.39 is 0 Å². The predicted molar refractivity (Wildman–Crippen MR) is 60.7 cm³/mol. The van der Waals surface area contributed by atoms with Crippen LogP contribution in [-0.4, -0.2) is 39.1 Å². The van der Waals surface area contributed by atoms with E-state index in [4.69, 9.17) is 0 Å². The van der Waals surface area contributed by atoms with Gasteiger partial charge in [0.25, 0.3) is 0 Å². The first-order chi connectivity index (χ1) is 6.74. The van der Waals surface area contributed by atoms with Gasteiger partial charge in [0.1, 0.15) is 0 Å². The zero-order valence-electron chi connectivity index (χ0n) is 8.49. The minimum atomic E-state index is 0.705. The van der Waals surface area contributed by atoms with Gasteiger partial charge in [-0.15, -0.1) is 0 Å². The van der Waals surface area contributed by atoms with Gasteiger partial charge in [0.05, 0.1) is 6.20 Å². The van der Waals surface area contributed by atoms with E-state index in [2.05, 4.69) is 32.1 Å². The fraction of sp³-hybridized carbons (Fsp3) is 0.700. The average molecular weight is 258 g/mol. The maximum atomic E-state index is 4.17. The van der Waals surface area contributed by atoms with Crippen LogP contribution < -0.4 is 0 Å². The van der Waals surface area contributed by atoms with Crippen LogP contribution >= 0.6 is 15.9 Å². The molecule has 3 nitrogen and oxygen atoms in total. The summed E-state index contributed by atoms with van der Waals surface area (Å²) in [5, 5.41) is 4.17. The maximum absolute atomic E-state index is 4.17. The van der Waals surface area contributed by atoms with E-state index in [1.165, 1.54) is 25.1 Å². The van der Waals surface area contributed by atoms with Gasteiger partial charge in [-0.1, -0.05) is 15.9 Å². The second kappa shape index (κ2) is 4.45. The Morgan fingerprint density at radius 3 is 3.07 bits per heavy atom. The first-order valence-corrected chi connectivity index (χ1v) is 5.99. The molecule has 0 radical (unpaired) electrons. The van der Waals surface area contributed by atoms with E-state index in [0.717, 1.165) is 13.0 Å². The third-order valence-corrected chi connectivity index (χ3v) is 3.44. The molecule has 1 aliphatic heterocycles. The van der Waals surface area contributed by atoms with E-state index >= 15 is 0 Å². The van der Waals surface area contributed by atoms with E-state index in [0.29, 0.717) is 4.83 Å². The van der Waals surface area contributed by atoms with Crippen molar-refractivity contribution in [2.45, 2.75) is 17.7 Å². The molecule has 0 aromatic carbocycles. The van der Waals surface area contributed by atoms with Gasteiger partial charge in [0.15, 0.2) is 0 Å². The Bertz CT molecular complexity index is 297. The molecule has 1 fully saturated rings. The molecule has 0 amide bonds. The van der Waals surface area contributed by atoms with E-state index in [1.54, 1.807) is 0 Å². The molecule has 1 saturated heterocycles. The highest BCUT2D eigenvalue weighted by atomic mass is 79.9. The van der Waals surface area contributed by atoms with Gasteiger partial charge in [-0.25, -0.2) is 0 Å². The fourth-order valence-electron chi connectivity index (χ4n) is 1.88. The van der Waals surface area contributed by atoms with Crippen LogP contribution in [0, 0.1) is 0 Å². The van der Waals surface area contributed by atoms with Crippen molar-refractivity contribution >= 4 is 15.9 Å². The summed E-state index contributed by atoms with van der Waals surface area (Å²) in [4.78, 5) is 3.21. The minimum Gasteiger partial charge on any atom is -0.302 e. The normalized spacial score (nSPS) is 23.1. The van der Waals surface area contributed by atoms with Crippen LogP contribution in [0.1, 0.15) is 12.0 Å². The highest BCUT2D eigenvalue weighted by molar-refractivity contribution is 9.09. The highest BCUT2D eigenvalue weighted by Crippen LogP contribution is 2.16. The molecule has 1 unspecified atom stereocenters. The number of aromatic nitrogens is 2. The summed E-state index contributed by atoms with van der Waals surface area (Å²) in [6.45, 7) is 3.59. The van der Waals surface area contributed by atoms with Crippen LogP contribution in [-0.2, 0) is 13.5 Å². The molecule has 2 rings (SSSR count). The van der Waals surface area contributed by atoms with Crippen molar-refractivity contribution in [3.8, 4) is 0 Å². The minimum absolute atomic E-state index is 0.705. The maximum Gasteiger partial charge on any atom is 0.0522 e. The number of rotatable bonds is 3. The van der Waals surface area contributed by atoms with Gasteiger partial charge < -0.3 is 4.90 Å². The van der Waals surface area contributed by atoms with Crippen molar-refractivity contribution in [1.29, 1.82) is 0 Å². The van der Waals surface area contributed by atoms with Crippen LogP contribution in [0.5, 0.6) is 0 Å². The lowest BCUT2D eigenvalue weighted by molar-refractivity contribution is 0.345. The fourth-order valence-corrected chi connectivity index (χ4v) is 2.49. The van der Waals surface area contributed by atoms with Gasteiger partial charge >= 0.3 is 0 Å². The van der Waals surface area contributed by atoms with Gasteiger partial charge in [0.2, 0.25) is 0 Å². The Morgan fingerprint density at radius 2 is 2.50 bits per heavy atom. The van der Waals surface area contributed by atoms with Gasteiger partial charge in [-0.3, -0.25) is 4.68 Å². The number of nitrogens with zero attached hydrogens (tertiary/aromatic N) is 3. The van der Waals surface area contributed by atoms with Gasteiger partial charge in [-0.05, 0) is 24.9 Å². The number of aryl methyl sites for hydroxylation is 1. The summed E-state index contributed by atoms with van der Waals surface area (Å²) in [7, 11) is 1.97. The Hall–Kier alpha value is -0.350. The number of hydrogen-bond donors (Lipinski definition) is 0. The zero-order chi connectivity index (χ0) is 9.97. The Balaban J connectivity index is 1.77. The molecule has 4 heteroatoms. The molecule has 78 valence electrons. The average Bonchev–Trinajstić information content (AvgIpc) is 2.72. The number of hydrogen-bond acceptors (Lipinski definition) is 2. The largest absolute Gasteiger partial charge is 0.302 e. The summed E-state index contributed by atoms with van der Waals surface area (Å²) in [6, 6.07) is 0. The van der Waals surface area contributed by atoms with Crippen LogP contribution in [0.25, 0.3) is 0 Å². The number of likely N-dealkylation sites (tertiary alicyclic amines) is 1. The molecule has 1 aromatic heterocycles. The smallest absolute Gasteiger partial charge is 0.0522 e. The molecule has 0 saturated carbocycles. The molecule has 0 N–H and O–H groups in total. The van der Waals surface area contributed by atoms with Crippen molar-refractivity contribution < 1.29 is 0 Å². The summed E-state index contributed by atoms with van der Waals surface area (Å²) >= 11 is 3.65. The van der Waals surface area contributed by atoms with Crippen LogP contribution in [0.2, 0.25) is 0 Å². The SMILES string of the molecule is Cn1cc(CCN2CCC(Br)C2)cn1. The Morgan fingerprint density at radius 1 is 1.64 bits per heavy atom. The standard InChI is InChI=1S/C10H16BrN3/c1-13-7-9(6-12-13)2-4-14-5-3-10(11)8-14/h6-7,10H,2-5,8H2,1H3. The summed E-state index contributed by atoms with van der Waals surface area (Å²) in [5.41, 5.74) is 1.34. The highest BCUT2D eigenvalue weighted by Gasteiger charge is 2.19. The quantitative estimate of drug-likeness (QED) is 0.765. The van der Waals surface area contributed by atoms with E-state index in [9.17, 15) is 0 Å². The summed E-state index contributed by atoms with van der Waals surface area (Å²) in [5.74, 6) is 0. The van der Waals surface area contributed by atoms with Crippen LogP contribution in [0.15, 0.2) is 12.4 Å². The lowest BCUT2D eigenvalue weighted by Gasteiger charge is -2.13. The topological polar surface area (TPSA) is 21.1 Å². The van der Waals surface area contributed by atoms with Crippen LogP contribution in [0.4, 0.5) is 0 Å². The Labute approximate surface area is 93.2 Å². The molecule has 1 aromatic rings. The zero-order valence-corrected chi connectivity index (χ0v) is 10.1. The number of alkyl halides is 1. The molecule has 1 atom stereocenters. The first kappa shape index (κ1) is 10.2. The molecular formula is C10H16BrN3. The predicted octanol–water partition coefficient (Wildman–Crippen LogP) is 1.43. The van der Waals surface area contributed by atoms with Crippen molar-refractivity contribution in [2.75, 3.05) is 19.6 Å². The van der Waals surface area contributed by atoms with Crippen molar-refractivity contribution in [3.63, 3.8) is 0 Å². The molecule has 0 aliphatic carbocycles. The third-order valence-electron chi connectivity index (χ3n) is 2.69. The molecule has 1 aliphatic rings. The van der Waals surface area contributed by atoms with Crippen molar-refractivity contribution in [2.24, 2.45) is 7.05 Å². The summed E-state index contributed by atoms with van der Waals surface area (Å²) in [6.07, 6.45) is 6.46. The molecule has 0 bridgehead atoms. The second-order valence-corrected chi connectivity index (χ2v) is 5.25. The molecular weight excluding hydrogens is 242 g/mol. The van der Waals surface area contributed by atoms with E-state index in [-0.39, 0.29) is 0 Å². The third kappa shape index (κ3) is 2.58. The Kier molecular flexibility index (Phi) is 3.23. The molecule has 0 spiro atoms. The van der Waals surface area contributed by atoms with Gasteiger partial charge in [0, 0.05) is 31.2 Å². The first-order valence-electron chi connectivity index (χ1n) is 5.08. The molecule has 14 heavy (non-hydrogen) atoms.